The van der Waals surface area contributed by atoms with Crippen LogP contribution in [0.5, 0.6) is 0 Å². The van der Waals surface area contributed by atoms with Gasteiger partial charge in [0, 0.05) is 11.1 Å². The highest BCUT2D eigenvalue weighted by Gasteiger charge is 2.54. The first-order valence-electron chi connectivity index (χ1n) is 8.51. The number of carboxylic acids is 1. The summed E-state index contributed by atoms with van der Waals surface area (Å²) in [5, 5.41) is 25.3. The lowest BCUT2D eigenvalue weighted by Crippen LogP contribution is -2.71. The van der Waals surface area contributed by atoms with Crippen molar-refractivity contribution in [1.82, 2.24) is 23.9 Å². The van der Waals surface area contributed by atoms with Crippen LogP contribution in [0.2, 0.25) is 0 Å². The van der Waals surface area contributed by atoms with E-state index < -0.39 is 34.9 Å². The summed E-state index contributed by atoms with van der Waals surface area (Å²) in [6, 6.07) is -0.979. The summed E-state index contributed by atoms with van der Waals surface area (Å²) in [6.45, 7) is 0. The summed E-state index contributed by atoms with van der Waals surface area (Å²) in [5.41, 5.74) is 6.07. The van der Waals surface area contributed by atoms with Crippen molar-refractivity contribution in [3.8, 4) is 0 Å². The summed E-state index contributed by atoms with van der Waals surface area (Å²) in [5.74, 6) is -2.36. The number of anilines is 1. The molecule has 2 amide bonds. The quantitative estimate of drug-likeness (QED) is 0.193. The van der Waals surface area contributed by atoms with Gasteiger partial charge in [-0.1, -0.05) is 11.2 Å². The molecule has 2 aromatic rings. The molecule has 31 heavy (non-hydrogen) atoms. The van der Waals surface area contributed by atoms with E-state index in [9.17, 15) is 24.7 Å². The van der Waals surface area contributed by atoms with Gasteiger partial charge < -0.3 is 21.4 Å². The number of aromatic nitrogens is 3. The average Bonchev–Trinajstić information content (AvgIpc) is 3.42. The van der Waals surface area contributed by atoms with Gasteiger partial charge in [0.15, 0.2) is 10.8 Å². The van der Waals surface area contributed by atoms with E-state index in [2.05, 4.69) is 24.2 Å². The number of nitrogens with one attached hydrogen (secondary N) is 1. The molecule has 4 heterocycles. The first-order valence-corrected chi connectivity index (χ1v) is 11.2. The number of hydrogen-bond donors (Lipinski definition) is 4. The molecule has 0 bridgehead atoms. The number of amides is 2. The number of aliphatic carboxylic acids is 1. The molecule has 2 aliphatic rings. The van der Waals surface area contributed by atoms with Crippen LogP contribution in [-0.2, 0) is 14.4 Å². The van der Waals surface area contributed by atoms with Gasteiger partial charge in [-0.05, 0) is 11.6 Å². The average molecular weight is 480 g/mol. The fourth-order valence-corrected chi connectivity index (χ4v) is 5.29. The number of carbonyl (C=O) groups excluding carboxylic acids is 2. The Hall–Kier alpha value is -3.30. The smallest absolute Gasteiger partial charge is 0.352 e. The van der Waals surface area contributed by atoms with Crippen LogP contribution in [-0.4, -0.2) is 69.6 Å². The highest BCUT2D eigenvalue weighted by atomic mass is 32.2. The topological polar surface area (TPSA) is 184 Å². The number of nitrogens with zero attached hydrogens (tertiary/aromatic N) is 5. The van der Waals surface area contributed by atoms with Crippen LogP contribution in [0, 0.1) is 0 Å². The highest BCUT2D eigenvalue weighted by molar-refractivity contribution is 8.00. The second-order valence-corrected chi connectivity index (χ2v) is 8.78. The fraction of sp³-hybridized carbons (Fsp3) is 0.188. The molecule has 2 atom stereocenters. The zero-order valence-corrected chi connectivity index (χ0v) is 17.8. The van der Waals surface area contributed by atoms with Gasteiger partial charge >= 0.3 is 5.97 Å². The summed E-state index contributed by atoms with van der Waals surface area (Å²) in [7, 11) is 0. The van der Waals surface area contributed by atoms with E-state index >= 15 is 0 Å². The zero-order chi connectivity index (χ0) is 22.1. The number of carbonyl (C=O) groups is 3. The Kier molecular flexibility index (Phi) is 5.71. The van der Waals surface area contributed by atoms with E-state index in [0.717, 1.165) is 28.0 Å². The maximum absolute atomic E-state index is 12.7. The number of allylic oxidation sites excluding steroid dienone is 1. The zero-order valence-electron chi connectivity index (χ0n) is 15.3. The Morgan fingerprint density at radius 3 is 2.81 bits per heavy atom. The Bertz CT molecular complexity index is 1140. The van der Waals surface area contributed by atoms with Crippen LogP contribution in [0.25, 0.3) is 6.08 Å². The van der Waals surface area contributed by atoms with Gasteiger partial charge in [0.1, 0.15) is 22.8 Å². The van der Waals surface area contributed by atoms with Gasteiger partial charge in [0.25, 0.3) is 11.8 Å². The molecule has 0 aliphatic carbocycles. The molecule has 0 spiro atoms. The van der Waals surface area contributed by atoms with Gasteiger partial charge in [-0.25, -0.2) is 9.78 Å². The minimum absolute atomic E-state index is 0.0671. The van der Waals surface area contributed by atoms with Gasteiger partial charge in [0.05, 0.1) is 23.6 Å². The number of rotatable bonds is 6. The number of nitrogens with two attached hydrogens (primary N) is 1. The molecule has 160 valence electrons. The molecule has 2 aliphatic heterocycles. The molecule has 0 radical (unpaired) electrons. The van der Waals surface area contributed by atoms with Crippen molar-refractivity contribution in [1.29, 1.82) is 0 Å². The van der Waals surface area contributed by atoms with Gasteiger partial charge in [0.2, 0.25) is 0 Å². The number of nitrogen functional groups attached to an aromatic ring is 1. The fourth-order valence-electron chi connectivity index (χ4n) is 3.02. The van der Waals surface area contributed by atoms with Crippen LogP contribution in [0.3, 0.4) is 0 Å². The van der Waals surface area contributed by atoms with Crippen LogP contribution in [0.15, 0.2) is 34.1 Å². The SMILES string of the molecule is Nc1nc(/C(=N/O)C(=O)N[C@@H]2C(=O)N3C(C(=O)O)=C(/C=C/c4cnsn4)CS[C@H]23)cs1. The second-order valence-electron chi connectivity index (χ2n) is 6.23. The monoisotopic (exact) mass is 479 g/mol. The van der Waals surface area contributed by atoms with Crippen molar-refractivity contribution < 1.29 is 24.7 Å². The largest absolute Gasteiger partial charge is 0.477 e. The molecule has 15 heteroatoms. The van der Waals surface area contributed by atoms with Crippen LogP contribution < -0.4 is 11.1 Å². The van der Waals surface area contributed by atoms with Crippen LogP contribution in [0.4, 0.5) is 5.13 Å². The van der Waals surface area contributed by atoms with Crippen LogP contribution >= 0.6 is 34.8 Å². The third-order valence-corrected chi connectivity index (χ3v) is 6.87. The van der Waals surface area contributed by atoms with Crippen molar-refractivity contribution >= 4 is 69.5 Å². The van der Waals surface area contributed by atoms with Crippen molar-refractivity contribution in [3.63, 3.8) is 0 Å². The van der Waals surface area contributed by atoms with E-state index in [0.29, 0.717) is 17.0 Å². The lowest BCUT2D eigenvalue weighted by molar-refractivity contribution is -0.150. The molecule has 0 aromatic carbocycles. The number of hydrogen-bond acceptors (Lipinski definition) is 12. The molecular weight excluding hydrogens is 466 g/mol. The Morgan fingerprint density at radius 2 is 2.19 bits per heavy atom. The van der Waals surface area contributed by atoms with E-state index in [1.807, 2.05) is 0 Å². The summed E-state index contributed by atoms with van der Waals surface area (Å²) in [6.07, 6.45) is 4.75. The van der Waals surface area contributed by atoms with E-state index in [1.54, 1.807) is 12.2 Å². The Morgan fingerprint density at radius 1 is 1.39 bits per heavy atom. The third-order valence-electron chi connectivity index (χ3n) is 4.40. The number of thioether (sulfide) groups is 1. The molecule has 12 nitrogen and oxygen atoms in total. The van der Waals surface area contributed by atoms with E-state index in [-0.39, 0.29) is 16.5 Å². The number of oxime groups is 1. The second kappa shape index (κ2) is 8.44. The molecular formula is C16H13N7O5S3. The molecule has 5 N–H and O–H groups in total. The first kappa shape index (κ1) is 21.0. The van der Waals surface area contributed by atoms with Gasteiger partial charge in [-0.15, -0.1) is 23.1 Å². The summed E-state index contributed by atoms with van der Waals surface area (Å²) >= 11 is 3.38. The standard InChI is InChI=1S/C16H13N7O5S3/c17-16-19-8(5-30-16)9(21-28)12(24)20-10-13(25)23-11(15(26)27)6(4-29-14(10)23)1-2-7-3-18-31-22-7/h1-3,5,10,14,28H,4H2,(H2,17,19)(H,20,24)(H,26,27)/b2-1+,21-9-/t10-,14-/m1/s1. The van der Waals surface area contributed by atoms with Crippen LogP contribution in [0.1, 0.15) is 11.4 Å². The number of carboxylic acid groups (broad SMARTS) is 1. The normalized spacial score (nSPS) is 21.2. The predicted molar refractivity (Wildman–Crippen MR) is 113 cm³/mol. The van der Waals surface area contributed by atoms with E-state index in [4.69, 9.17) is 5.73 Å². The molecule has 1 saturated heterocycles. The lowest BCUT2D eigenvalue weighted by atomic mass is 10.0. The highest BCUT2D eigenvalue weighted by Crippen LogP contribution is 2.40. The number of fused-ring (bicyclic) bond motifs is 1. The van der Waals surface area contributed by atoms with Crippen molar-refractivity contribution in [2.75, 3.05) is 11.5 Å². The van der Waals surface area contributed by atoms with Crippen molar-refractivity contribution in [3.05, 3.63) is 40.3 Å². The Labute approximate surface area is 186 Å². The minimum Gasteiger partial charge on any atom is -0.477 e. The lowest BCUT2D eigenvalue weighted by Gasteiger charge is -2.49. The Balaban J connectivity index is 1.52. The van der Waals surface area contributed by atoms with Crippen molar-refractivity contribution in [2.45, 2.75) is 11.4 Å². The third kappa shape index (κ3) is 3.89. The summed E-state index contributed by atoms with van der Waals surface area (Å²) in [4.78, 5) is 42.1. The number of β-lactam (4-membered cyclic amide) rings is 1. The molecule has 2 aromatic heterocycles. The number of thiazole rings is 1. The summed E-state index contributed by atoms with van der Waals surface area (Å²) < 4.78 is 7.90. The predicted octanol–water partition coefficient (Wildman–Crippen LogP) is 0.207. The maximum atomic E-state index is 12.7. The molecule has 0 saturated carbocycles. The molecule has 4 rings (SSSR count). The maximum Gasteiger partial charge on any atom is 0.352 e. The van der Waals surface area contributed by atoms with Gasteiger partial charge in [-0.2, -0.15) is 8.75 Å². The van der Waals surface area contributed by atoms with Crippen molar-refractivity contribution in [2.24, 2.45) is 5.16 Å². The van der Waals surface area contributed by atoms with Gasteiger partial charge in [-0.3, -0.25) is 14.5 Å². The molecule has 1 fully saturated rings. The molecule has 0 unspecified atom stereocenters. The van der Waals surface area contributed by atoms with E-state index in [1.165, 1.54) is 23.3 Å². The minimum atomic E-state index is -1.25. The first-order chi connectivity index (χ1) is 14.9.